The fourth-order valence-electron chi connectivity index (χ4n) is 8.80. The van der Waals surface area contributed by atoms with Crippen LogP contribution in [-0.4, -0.2) is 120 Å². The van der Waals surface area contributed by atoms with Crippen LogP contribution in [0.5, 0.6) is 23.0 Å². The number of H-pyrrole nitrogens is 2. The third kappa shape index (κ3) is 12.0. The fourth-order valence-corrected chi connectivity index (χ4v) is 8.80. The molecule has 0 unspecified atom stereocenters. The summed E-state index contributed by atoms with van der Waals surface area (Å²) >= 11 is 0. The Kier molecular flexibility index (Phi) is 16.3. The largest absolute Gasteiger partial charge is 0.508 e. The van der Waals surface area contributed by atoms with Gasteiger partial charge in [-0.1, -0.05) is 83.7 Å². The summed E-state index contributed by atoms with van der Waals surface area (Å²) in [5.74, 6) is 0.459. The van der Waals surface area contributed by atoms with E-state index in [0.717, 1.165) is 97.1 Å². The average Bonchev–Trinajstić information content (AvgIpc) is 3.85. The van der Waals surface area contributed by atoms with Crippen LogP contribution in [0.15, 0.2) is 72.8 Å². The SMILES string of the molecule is C.Cc1[nH]nc(-c2cc(C(C)C)c(O)cc2O)c1-c1ccc(CN2CCN(C(=O)OC(C)(C)C)CC2)cc1.Cc1[nH]nc(-c2cc(C(C)C)c(O)cc2O)c1-c1ccc(CN2CCNCC2)cc1. The van der Waals surface area contributed by atoms with E-state index in [1.165, 1.54) is 23.3 Å². The number of piperazine rings is 2. The van der Waals surface area contributed by atoms with Crippen molar-refractivity contribution in [3.8, 4) is 67.8 Å². The van der Waals surface area contributed by atoms with E-state index in [2.05, 4.69) is 84.0 Å². The first-order chi connectivity index (χ1) is 31.9. The van der Waals surface area contributed by atoms with Crippen LogP contribution >= 0.6 is 0 Å². The summed E-state index contributed by atoms with van der Waals surface area (Å²) in [7, 11) is 0. The van der Waals surface area contributed by atoms with E-state index >= 15 is 0 Å². The predicted molar refractivity (Wildman–Crippen MR) is 271 cm³/mol. The number of phenols is 4. The molecule has 14 heteroatoms. The van der Waals surface area contributed by atoms with Crippen LogP contribution in [0, 0.1) is 13.8 Å². The Hall–Kier alpha value is -6.35. The third-order valence-corrected chi connectivity index (χ3v) is 12.5. The minimum Gasteiger partial charge on any atom is -0.508 e. The summed E-state index contributed by atoms with van der Waals surface area (Å²) in [6.07, 6.45) is -0.247. The van der Waals surface area contributed by atoms with Gasteiger partial charge in [0.05, 0.1) is 0 Å². The van der Waals surface area contributed by atoms with Gasteiger partial charge >= 0.3 is 6.09 Å². The van der Waals surface area contributed by atoms with Gasteiger partial charge < -0.3 is 35.4 Å². The molecule has 4 aromatic carbocycles. The van der Waals surface area contributed by atoms with Crippen LogP contribution in [0.25, 0.3) is 44.8 Å². The second kappa shape index (κ2) is 21.7. The lowest BCUT2D eigenvalue weighted by molar-refractivity contribution is 0.0139. The van der Waals surface area contributed by atoms with Gasteiger partial charge in [0.15, 0.2) is 0 Å². The maximum Gasteiger partial charge on any atom is 0.410 e. The van der Waals surface area contributed by atoms with E-state index in [9.17, 15) is 25.2 Å². The van der Waals surface area contributed by atoms with E-state index in [4.69, 9.17) is 4.74 Å². The molecule has 2 aromatic heterocycles. The summed E-state index contributed by atoms with van der Waals surface area (Å²) in [5, 5.41) is 60.1. The second-order valence-corrected chi connectivity index (χ2v) is 19.5. The molecule has 14 nitrogen and oxygen atoms in total. The molecule has 0 saturated carbocycles. The van der Waals surface area contributed by atoms with Crippen molar-refractivity contribution in [3.63, 3.8) is 0 Å². The standard InChI is InChI=1S/C29H38N4O4.C24H30N4O2.CH4/c1-18(2)22-15-23(25(35)16-24(22)34)27-26(19(3)30-31-27)21-9-7-20(8-10-21)17-32-11-13-33(14-12-32)28(36)37-29(4,5)6;1-15(2)19-12-20(22(30)13-21(19)29)24-23(16(3)26-27-24)18-6-4-17(5-7-18)14-28-10-8-25-9-11-28;/h7-10,15-16,18,34-35H,11-14,17H2,1-6H3,(H,30,31);4-7,12-13,15,25,29-30H,8-11,14H2,1-3H3,(H,26,27);1H4. The molecule has 0 radical (unpaired) electrons. The van der Waals surface area contributed by atoms with Crippen molar-refractivity contribution in [2.75, 3.05) is 52.4 Å². The first-order valence-electron chi connectivity index (χ1n) is 23.4. The highest BCUT2D eigenvalue weighted by Crippen LogP contribution is 2.43. The van der Waals surface area contributed by atoms with E-state index in [1.807, 2.05) is 74.4 Å². The summed E-state index contributed by atoms with van der Waals surface area (Å²) in [6, 6.07) is 23.4. The molecular formula is C54H72N8O6. The number of hydrogen-bond acceptors (Lipinski definition) is 11. The number of aromatic hydroxyl groups is 4. The third-order valence-electron chi connectivity index (χ3n) is 12.5. The molecule has 7 N–H and O–H groups in total. The van der Waals surface area contributed by atoms with Crippen molar-refractivity contribution in [3.05, 3.63) is 106 Å². The number of aromatic nitrogens is 4. The Morgan fingerprint density at radius 2 is 1.01 bits per heavy atom. The quantitative estimate of drug-likeness (QED) is 0.0693. The number of rotatable bonds is 10. The van der Waals surface area contributed by atoms with Gasteiger partial charge in [0, 0.05) is 111 Å². The smallest absolute Gasteiger partial charge is 0.410 e. The van der Waals surface area contributed by atoms with E-state index in [1.54, 1.807) is 4.90 Å². The molecule has 8 rings (SSSR count). The number of carbonyl (C=O) groups excluding carboxylic acids is 1. The number of amides is 1. The molecule has 2 saturated heterocycles. The Morgan fingerprint density at radius 1 is 0.618 bits per heavy atom. The summed E-state index contributed by atoms with van der Waals surface area (Å²) in [4.78, 5) is 18.9. The van der Waals surface area contributed by atoms with Gasteiger partial charge in [-0.25, -0.2) is 4.79 Å². The van der Waals surface area contributed by atoms with Gasteiger partial charge in [0.25, 0.3) is 0 Å². The molecule has 4 heterocycles. The number of nitrogens with zero attached hydrogens (tertiary/aromatic N) is 5. The zero-order valence-corrected chi connectivity index (χ0v) is 40.5. The van der Waals surface area contributed by atoms with Crippen molar-refractivity contribution in [2.24, 2.45) is 0 Å². The van der Waals surface area contributed by atoms with Crippen molar-refractivity contribution >= 4 is 6.09 Å². The number of phenolic OH excluding ortho intramolecular Hbond substituents is 4. The molecule has 2 aliphatic rings. The van der Waals surface area contributed by atoms with Gasteiger partial charge in [-0.2, -0.15) is 10.2 Å². The first kappa shape index (κ1) is 51.0. The van der Waals surface area contributed by atoms with Crippen molar-refractivity contribution in [2.45, 2.75) is 100 Å². The predicted octanol–water partition coefficient (Wildman–Crippen LogP) is 10.3. The number of nitrogens with one attached hydrogen (secondary N) is 3. The van der Waals surface area contributed by atoms with Crippen LogP contribution < -0.4 is 5.32 Å². The zero-order chi connectivity index (χ0) is 48.2. The van der Waals surface area contributed by atoms with Gasteiger partial charge in [0.2, 0.25) is 0 Å². The molecule has 68 heavy (non-hydrogen) atoms. The molecule has 6 aromatic rings. The van der Waals surface area contributed by atoms with E-state index < -0.39 is 5.60 Å². The highest BCUT2D eigenvalue weighted by Gasteiger charge is 2.27. The van der Waals surface area contributed by atoms with Crippen molar-refractivity contribution < 1.29 is 30.0 Å². The molecule has 1 amide bonds. The lowest BCUT2D eigenvalue weighted by Crippen LogP contribution is -2.49. The van der Waals surface area contributed by atoms with Crippen LogP contribution in [-0.2, 0) is 17.8 Å². The highest BCUT2D eigenvalue weighted by molar-refractivity contribution is 5.87. The van der Waals surface area contributed by atoms with Crippen molar-refractivity contribution in [1.82, 2.24) is 40.4 Å². The van der Waals surface area contributed by atoms with Crippen LogP contribution in [0.4, 0.5) is 4.79 Å². The van der Waals surface area contributed by atoms with Crippen LogP contribution in [0.3, 0.4) is 0 Å². The summed E-state index contributed by atoms with van der Waals surface area (Å²) in [6.45, 7) is 26.5. The Morgan fingerprint density at radius 3 is 1.40 bits per heavy atom. The van der Waals surface area contributed by atoms with E-state index in [-0.39, 0.29) is 48.4 Å². The minimum atomic E-state index is -0.485. The topological polar surface area (TPSA) is 186 Å². The highest BCUT2D eigenvalue weighted by atomic mass is 16.6. The zero-order valence-electron chi connectivity index (χ0n) is 40.5. The molecule has 0 bridgehead atoms. The summed E-state index contributed by atoms with van der Waals surface area (Å²) in [5.41, 5.74) is 11.9. The van der Waals surface area contributed by atoms with Gasteiger partial charge in [-0.15, -0.1) is 0 Å². The lowest BCUT2D eigenvalue weighted by Gasteiger charge is -2.35. The number of hydrogen-bond donors (Lipinski definition) is 7. The van der Waals surface area contributed by atoms with Crippen LogP contribution in [0.2, 0.25) is 0 Å². The maximum absolute atomic E-state index is 12.3. The number of carbonyl (C=O) groups is 1. The van der Waals surface area contributed by atoms with Gasteiger partial charge in [0.1, 0.15) is 40.0 Å². The van der Waals surface area contributed by atoms with Crippen LogP contribution in [0.1, 0.15) is 101 Å². The molecule has 0 aliphatic carbocycles. The number of benzene rings is 4. The second-order valence-electron chi connectivity index (χ2n) is 19.5. The number of aromatic amines is 2. The Labute approximate surface area is 402 Å². The van der Waals surface area contributed by atoms with Gasteiger partial charge in [-0.05, 0) is 92.0 Å². The molecular weight excluding hydrogens is 857 g/mol. The fraction of sp³-hybridized carbons (Fsp3) is 0.426. The molecule has 0 spiro atoms. The molecule has 364 valence electrons. The Bertz CT molecular complexity index is 2630. The van der Waals surface area contributed by atoms with E-state index in [0.29, 0.717) is 35.6 Å². The number of aryl methyl sites for hydroxylation is 2. The monoisotopic (exact) mass is 929 g/mol. The maximum atomic E-state index is 12.3. The Balaban J connectivity index is 0.000000225. The van der Waals surface area contributed by atoms with Gasteiger partial charge in [-0.3, -0.25) is 20.0 Å². The first-order valence-corrected chi connectivity index (χ1v) is 23.4. The summed E-state index contributed by atoms with van der Waals surface area (Å²) < 4.78 is 5.49. The minimum absolute atomic E-state index is 0. The molecule has 2 aliphatic heterocycles. The lowest BCUT2D eigenvalue weighted by atomic mass is 9.94. The number of ether oxygens (including phenoxy) is 1. The van der Waals surface area contributed by atoms with Crippen molar-refractivity contribution in [1.29, 1.82) is 0 Å². The average molecular weight is 929 g/mol. The normalized spacial score (nSPS) is 14.7. The molecule has 0 atom stereocenters. The molecule has 2 fully saturated rings.